The highest BCUT2D eigenvalue weighted by Crippen LogP contribution is 2.31. The number of carbonyl (C=O) groups excluding carboxylic acids is 1. The second-order valence-corrected chi connectivity index (χ2v) is 10.1. The predicted octanol–water partition coefficient (Wildman–Crippen LogP) is 6.58. The average Bonchev–Trinajstić information content (AvgIpc) is 3.24. The zero-order valence-electron chi connectivity index (χ0n) is 18.7. The molecule has 2 aromatic carbocycles. The molecule has 0 aliphatic carbocycles. The van der Waals surface area contributed by atoms with Crippen LogP contribution in [0.15, 0.2) is 71.3 Å². The summed E-state index contributed by atoms with van der Waals surface area (Å²) in [6.07, 6.45) is 6.80. The minimum atomic E-state index is 0.00624. The molecule has 0 saturated carbocycles. The van der Waals surface area contributed by atoms with Crippen molar-refractivity contribution in [1.29, 1.82) is 0 Å². The summed E-state index contributed by atoms with van der Waals surface area (Å²) in [6, 6.07) is 17.3. The smallest absolute Gasteiger partial charge is 0.246 e. The molecule has 3 heterocycles. The molecule has 1 aliphatic rings. The summed E-state index contributed by atoms with van der Waals surface area (Å²) in [7, 11) is 0. The first-order valence-corrected chi connectivity index (χ1v) is 12.8. The number of benzene rings is 2. The Labute approximate surface area is 221 Å². The molecule has 0 unspecified atom stereocenters. The number of hydrogen-bond acceptors (Lipinski definition) is 4. The minimum absolute atomic E-state index is 0.00624. The van der Waals surface area contributed by atoms with Crippen LogP contribution in [-0.2, 0) is 4.79 Å². The third-order valence-electron chi connectivity index (χ3n) is 6.00. The van der Waals surface area contributed by atoms with Gasteiger partial charge in [0.1, 0.15) is 5.82 Å². The Balaban J connectivity index is 1.29. The molecule has 9 heteroatoms. The van der Waals surface area contributed by atoms with E-state index in [4.69, 9.17) is 28.2 Å². The Bertz CT molecular complexity index is 1410. The summed E-state index contributed by atoms with van der Waals surface area (Å²) in [5.41, 5.74) is 3.25. The van der Waals surface area contributed by atoms with Crippen LogP contribution in [0.4, 0.5) is 5.82 Å². The number of likely N-dealkylation sites (tertiary alicyclic amines) is 1. The summed E-state index contributed by atoms with van der Waals surface area (Å²) in [5, 5.41) is 9.38. The first kappa shape index (κ1) is 23.9. The molecule has 1 aliphatic heterocycles. The van der Waals surface area contributed by atoms with Crippen LogP contribution in [-0.4, -0.2) is 44.5 Å². The van der Waals surface area contributed by atoms with Gasteiger partial charge in [-0.1, -0.05) is 53.5 Å². The number of nitrogens with zero attached hydrogens (tertiary/aromatic N) is 4. The van der Waals surface area contributed by atoms with E-state index in [1.807, 2.05) is 59.5 Å². The number of amides is 1. The number of carbonyl (C=O) groups is 1. The third-order valence-corrected chi connectivity index (χ3v) is 7.13. The molecule has 6 nitrogen and oxygen atoms in total. The van der Waals surface area contributed by atoms with Crippen molar-refractivity contribution in [2.75, 3.05) is 18.4 Å². The summed E-state index contributed by atoms with van der Waals surface area (Å²) in [5.74, 6) is 0.841. The molecule has 1 saturated heterocycles. The summed E-state index contributed by atoms with van der Waals surface area (Å²) < 4.78 is 2.59. The monoisotopic (exact) mass is 569 g/mol. The Hall–Kier alpha value is -2.87. The Morgan fingerprint density at radius 1 is 1.09 bits per heavy atom. The lowest BCUT2D eigenvalue weighted by Crippen LogP contribution is -2.42. The number of piperidine rings is 1. The van der Waals surface area contributed by atoms with Gasteiger partial charge in [-0.25, -0.2) is 4.98 Å². The average molecular weight is 571 g/mol. The van der Waals surface area contributed by atoms with Crippen molar-refractivity contribution in [3.63, 3.8) is 0 Å². The molecule has 0 radical (unpaired) electrons. The first-order valence-electron chi connectivity index (χ1n) is 11.3. The molecule has 0 bridgehead atoms. The van der Waals surface area contributed by atoms with Gasteiger partial charge in [0.2, 0.25) is 5.91 Å². The van der Waals surface area contributed by atoms with Gasteiger partial charge in [-0.2, -0.15) is 9.61 Å². The number of anilines is 1. The second-order valence-electron chi connectivity index (χ2n) is 8.37. The molecular formula is C26H22BrCl2N5O. The molecule has 1 amide bonds. The number of nitrogens with one attached hydrogen (secondary N) is 1. The van der Waals surface area contributed by atoms with Crippen LogP contribution < -0.4 is 5.32 Å². The van der Waals surface area contributed by atoms with Crippen molar-refractivity contribution in [3.8, 4) is 11.3 Å². The fraction of sp³-hybridized carbons (Fsp3) is 0.192. The molecule has 5 rings (SSSR count). The van der Waals surface area contributed by atoms with E-state index in [0.29, 0.717) is 28.8 Å². The quantitative estimate of drug-likeness (QED) is 0.275. The molecule has 178 valence electrons. The van der Waals surface area contributed by atoms with Gasteiger partial charge < -0.3 is 10.2 Å². The highest BCUT2D eigenvalue weighted by Gasteiger charge is 2.23. The molecule has 35 heavy (non-hydrogen) atoms. The lowest BCUT2D eigenvalue weighted by atomic mass is 10.0. The van der Waals surface area contributed by atoms with E-state index in [1.165, 1.54) is 0 Å². The number of hydrogen-bond donors (Lipinski definition) is 1. The van der Waals surface area contributed by atoms with E-state index in [-0.39, 0.29) is 11.9 Å². The normalized spacial score (nSPS) is 14.7. The lowest BCUT2D eigenvalue weighted by Gasteiger charge is -2.32. The fourth-order valence-corrected chi connectivity index (χ4v) is 4.96. The van der Waals surface area contributed by atoms with Gasteiger partial charge in [0, 0.05) is 46.9 Å². The van der Waals surface area contributed by atoms with Gasteiger partial charge in [-0.15, -0.1) is 0 Å². The van der Waals surface area contributed by atoms with Crippen molar-refractivity contribution >= 4 is 62.6 Å². The van der Waals surface area contributed by atoms with Crippen molar-refractivity contribution < 1.29 is 4.79 Å². The van der Waals surface area contributed by atoms with Crippen LogP contribution in [0.5, 0.6) is 0 Å². The highest BCUT2D eigenvalue weighted by molar-refractivity contribution is 9.10. The van der Waals surface area contributed by atoms with Crippen molar-refractivity contribution in [1.82, 2.24) is 19.5 Å². The van der Waals surface area contributed by atoms with Gasteiger partial charge >= 0.3 is 0 Å². The van der Waals surface area contributed by atoms with Crippen LogP contribution in [0.3, 0.4) is 0 Å². The van der Waals surface area contributed by atoms with Crippen LogP contribution in [0.2, 0.25) is 10.0 Å². The lowest BCUT2D eigenvalue weighted by molar-refractivity contribution is -0.126. The maximum Gasteiger partial charge on any atom is 0.246 e. The van der Waals surface area contributed by atoms with Crippen LogP contribution in [0.1, 0.15) is 18.4 Å². The van der Waals surface area contributed by atoms with E-state index in [2.05, 4.69) is 26.3 Å². The van der Waals surface area contributed by atoms with Crippen LogP contribution >= 0.6 is 39.1 Å². The minimum Gasteiger partial charge on any atom is -0.367 e. The van der Waals surface area contributed by atoms with E-state index in [9.17, 15) is 4.79 Å². The van der Waals surface area contributed by atoms with E-state index in [0.717, 1.165) is 40.0 Å². The summed E-state index contributed by atoms with van der Waals surface area (Å²) in [4.78, 5) is 19.3. The van der Waals surface area contributed by atoms with Gasteiger partial charge in [0.25, 0.3) is 0 Å². The largest absolute Gasteiger partial charge is 0.367 e. The Kier molecular flexibility index (Phi) is 7.09. The van der Waals surface area contributed by atoms with E-state index < -0.39 is 0 Å². The standard InChI is InChI=1S/C26H22BrCl2N5O/c27-21-16-30-34-24(15-23(32-26(21)34)20-6-1-2-7-22(20)29)31-19-10-12-33(13-11-19)25(35)9-8-17-4-3-5-18(28)14-17/h1-9,14-16,19,31H,10-13H2/b9-8+. The number of aromatic nitrogens is 3. The Morgan fingerprint density at radius 3 is 2.66 bits per heavy atom. The molecule has 1 N–H and O–H groups in total. The summed E-state index contributed by atoms with van der Waals surface area (Å²) in [6.45, 7) is 1.34. The number of rotatable bonds is 5. The SMILES string of the molecule is O=C(/C=C/c1cccc(Cl)c1)N1CCC(Nc2cc(-c3ccccc3Cl)nc3c(Br)cnn23)CC1. The second kappa shape index (κ2) is 10.4. The van der Waals surface area contributed by atoms with Gasteiger partial charge in [-0.3, -0.25) is 4.79 Å². The van der Waals surface area contributed by atoms with Crippen LogP contribution in [0, 0.1) is 0 Å². The van der Waals surface area contributed by atoms with Crippen molar-refractivity contribution in [3.05, 3.63) is 87.0 Å². The van der Waals surface area contributed by atoms with Crippen molar-refractivity contribution in [2.24, 2.45) is 0 Å². The summed E-state index contributed by atoms with van der Waals surface area (Å²) >= 11 is 16.0. The van der Waals surface area contributed by atoms with Gasteiger partial charge in [0.15, 0.2) is 5.65 Å². The molecule has 2 aromatic heterocycles. The van der Waals surface area contributed by atoms with Crippen LogP contribution in [0.25, 0.3) is 23.0 Å². The topological polar surface area (TPSA) is 62.5 Å². The van der Waals surface area contributed by atoms with E-state index in [1.54, 1.807) is 22.9 Å². The molecule has 1 fully saturated rings. The zero-order chi connectivity index (χ0) is 24.4. The fourth-order valence-electron chi connectivity index (χ4n) is 4.18. The maximum atomic E-state index is 12.7. The van der Waals surface area contributed by atoms with E-state index >= 15 is 0 Å². The molecular weight excluding hydrogens is 549 g/mol. The third kappa shape index (κ3) is 5.37. The zero-order valence-corrected chi connectivity index (χ0v) is 21.8. The van der Waals surface area contributed by atoms with Gasteiger partial charge in [-0.05, 0) is 58.6 Å². The highest BCUT2D eigenvalue weighted by atomic mass is 79.9. The van der Waals surface area contributed by atoms with Crippen molar-refractivity contribution in [2.45, 2.75) is 18.9 Å². The predicted molar refractivity (Wildman–Crippen MR) is 145 cm³/mol. The first-order chi connectivity index (χ1) is 17.0. The Morgan fingerprint density at radius 2 is 1.89 bits per heavy atom. The molecule has 4 aromatic rings. The number of fused-ring (bicyclic) bond motifs is 1. The molecule has 0 spiro atoms. The van der Waals surface area contributed by atoms with Gasteiger partial charge in [0.05, 0.1) is 16.4 Å². The maximum absolute atomic E-state index is 12.7. The number of halogens is 3. The molecule has 0 atom stereocenters.